The lowest BCUT2D eigenvalue weighted by molar-refractivity contribution is -0.127. The van der Waals surface area contributed by atoms with Gasteiger partial charge in [-0.1, -0.05) is 11.6 Å². The molecule has 1 aromatic carbocycles. The summed E-state index contributed by atoms with van der Waals surface area (Å²) in [5.74, 6) is 0.209. The molecule has 5 heteroatoms. The highest BCUT2D eigenvalue weighted by molar-refractivity contribution is 6.30. The van der Waals surface area contributed by atoms with Crippen molar-refractivity contribution in [2.24, 2.45) is 0 Å². The Morgan fingerprint density at radius 2 is 2.37 bits per heavy atom. The summed E-state index contributed by atoms with van der Waals surface area (Å²) in [5.41, 5.74) is 1.28. The first-order valence-corrected chi connectivity index (χ1v) is 6.72. The molecule has 1 aliphatic heterocycles. The SMILES string of the molecule is C[C@H](CN1CCCC1=O)Nc1cc(Cl)ccc1C#N. The van der Waals surface area contributed by atoms with E-state index in [1.165, 1.54) is 0 Å². The van der Waals surface area contributed by atoms with Crippen molar-refractivity contribution in [3.8, 4) is 6.07 Å². The quantitative estimate of drug-likeness (QED) is 0.920. The maximum Gasteiger partial charge on any atom is 0.222 e. The van der Waals surface area contributed by atoms with Crippen molar-refractivity contribution in [3.05, 3.63) is 28.8 Å². The third kappa shape index (κ3) is 3.39. The molecule has 0 aromatic heterocycles. The Morgan fingerprint density at radius 1 is 1.58 bits per heavy atom. The fourth-order valence-corrected chi connectivity index (χ4v) is 2.44. The Balaban J connectivity index is 2.02. The Bertz CT molecular complexity index is 524. The van der Waals surface area contributed by atoms with Gasteiger partial charge in [0.25, 0.3) is 0 Å². The van der Waals surface area contributed by atoms with Crippen molar-refractivity contribution in [3.63, 3.8) is 0 Å². The van der Waals surface area contributed by atoms with Crippen LogP contribution < -0.4 is 5.32 Å². The van der Waals surface area contributed by atoms with Gasteiger partial charge in [-0.25, -0.2) is 0 Å². The summed E-state index contributed by atoms with van der Waals surface area (Å²) in [7, 11) is 0. The maximum atomic E-state index is 11.6. The van der Waals surface area contributed by atoms with Crippen molar-refractivity contribution >= 4 is 23.2 Å². The molecule has 0 bridgehead atoms. The number of nitriles is 1. The molecule has 0 spiro atoms. The number of amides is 1. The monoisotopic (exact) mass is 277 g/mol. The van der Waals surface area contributed by atoms with E-state index < -0.39 is 0 Å². The van der Waals surface area contributed by atoms with Crippen molar-refractivity contribution < 1.29 is 4.79 Å². The van der Waals surface area contributed by atoms with Gasteiger partial charge in [-0.2, -0.15) is 5.26 Å². The smallest absolute Gasteiger partial charge is 0.222 e. The number of anilines is 1. The van der Waals surface area contributed by atoms with Crippen molar-refractivity contribution in [2.75, 3.05) is 18.4 Å². The molecule has 1 atom stereocenters. The molecule has 19 heavy (non-hydrogen) atoms. The number of likely N-dealkylation sites (tertiary alicyclic amines) is 1. The third-order valence-electron chi connectivity index (χ3n) is 3.17. The van der Waals surface area contributed by atoms with Crippen LogP contribution in [0.1, 0.15) is 25.3 Å². The van der Waals surface area contributed by atoms with Gasteiger partial charge in [0.15, 0.2) is 0 Å². The number of hydrogen-bond donors (Lipinski definition) is 1. The van der Waals surface area contributed by atoms with Gasteiger partial charge in [0, 0.05) is 30.6 Å². The molecule has 0 aliphatic carbocycles. The van der Waals surface area contributed by atoms with Gasteiger partial charge in [0.05, 0.1) is 11.3 Å². The topological polar surface area (TPSA) is 56.1 Å². The number of hydrogen-bond acceptors (Lipinski definition) is 3. The molecule has 1 heterocycles. The van der Waals surface area contributed by atoms with E-state index >= 15 is 0 Å². The Kier molecular flexibility index (Phi) is 4.28. The molecule has 1 aliphatic rings. The second-order valence-electron chi connectivity index (χ2n) is 4.79. The van der Waals surface area contributed by atoms with E-state index in [1.54, 1.807) is 18.2 Å². The number of halogens is 1. The molecular weight excluding hydrogens is 262 g/mol. The van der Waals surface area contributed by atoms with Crippen molar-refractivity contribution in [1.82, 2.24) is 4.90 Å². The molecule has 1 saturated heterocycles. The lowest BCUT2D eigenvalue weighted by atomic mass is 10.1. The minimum absolute atomic E-state index is 0.0765. The van der Waals surface area contributed by atoms with Crippen molar-refractivity contribution in [1.29, 1.82) is 5.26 Å². The summed E-state index contributed by atoms with van der Waals surface area (Å²) in [4.78, 5) is 13.4. The van der Waals surface area contributed by atoms with Gasteiger partial charge in [-0.05, 0) is 31.5 Å². The zero-order valence-electron chi connectivity index (χ0n) is 10.8. The van der Waals surface area contributed by atoms with Gasteiger partial charge in [0.1, 0.15) is 6.07 Å². The molecule has 1 N–H and O–H groups in total. The molecule has 1 fully saturated rings. The van der Waals surface area contributed by atoms with Crippen LogP contribution in [-0.4, -0.2) is 29.9 Å². The molecule has 1 aromatic rings. The minimum atomic E-state index is 0.0765. The number of nitrogens with one attached hydrogen (secondary N) is 1. The minimum Gasteiger partial charge on any atom is -0.380 e. The number of rotatable bonds is 4. The normalized spacial score (nSPS) is 16.3. The van der Waals surface area contributed by atoms with Crippen LogP contribution in [0.25, 0.3) is 0 Å². The van der Waals surface area contributed by atoms with Crippen LogP contribution in [0.5, 0.6) is 0 Å². The summed E-state index contributed by atoms with van der Waals surface area (Å²) < 4.78 is 0. The highest BCUT2D eigenvalue weighted by Gasteiger charge is 2.21. The second-order valence-corrected chi connectivity index (χ2v) is 5.23. The van der Waals surface area contributed by atoms with Gasteiger partial charge < -0.3 is 10.2 Å². The lowest BCUT2D eigenvalue weighted by Gasteiger charge is -2.23. The summed E-state index contributed by atoms with van der Waals surface area (Å²) in [6.45, 7) is 3.47. The molecular formula is C14H16ClN3O. The zero-order chi connectivity index (χ0) is 13.8. The van der Waals surface area contributed by atoms with E-state index in [2.05, 4.69) is 11.4 Å². The summed E-state index contributed by atoms with van der Waals surface area (Å²) in [6.07, 6.45) is 1.58. The molecule has 0 unspecified atom stereocenters. The first kappa shape index (κ1) is 13.7. The van der Waals surface area contributed by atoms with E-state index in [-0.39, 0.29) is 11.9 Å². The van der Waals surface area contributed by atoms with Crippen LogP contribution in [0.3, 0.4) is 0 Å². The first-order valence-electron chi connectivity index (χ1n) is 6.34. The predicted octanol–water partition coefficient (Wildman–Crippen LogP) is 2.63. The number of nitrogens with zero attached hydrogens (tertiary/aromatic N) is 2. The highest BCUT2D eigenvalue weighted by Crippen LogP contribution is 2.21. The van der Waals surface area contributed by atoms with Crippen LogP contribution in [0.15, 0.2) is 18.2 Å². The van der Waals surface area contributed by atoms with E-state index in [0.29, 0.717) is 29.2 Å². The summed E-state index contributed by atoms with van der Waals surface area (Å²) in [5, 5.41) is 12.9. The fraction of sp³-hybridized carbons (Fsp3) is 0.429. The van der Waals surface area contributed by atoms with Gasteiger partial charge in [0.2, 0.25) is 5.91 Å². The molecule has 4 nitrogen and oxygen atoms in total. The average molecular weight is 278 g/mol. The number of benzene rings is 1. The van der Waals surface area contributed by atoms with Crippen molar-refractivity contribution in [2.45, 2.75) is 25.8 Å². The molecule has 1 amide bonds. The zero-order valence-corrected chi connectivity index (χ0v) is 11.6. The van der Waals surface area contributed by atoms with E-state index in [9.17, 15) is 4.79 Å². The Hall–Kier alpha value is -1.73. The number of carbonyl (C=O) groups is 1. The Morgan fingerprint density at radius 3 is 3.00 bits per heavy atom. The van der Waals surface area contributed by atoms with Crippen LogP contribution in [-0.2, 0) is 4.79 Å². The molecule has 100 valence electrons. The molecule has 0 radical (unpaired) electrons. The van der Waals surface area contributed by atoms with Gasteiger partial charge >= 0.3 is 0 Å². The maximum absolute atomic E-state index is 11.6. The largest absolute Gasteiger partial charge is 0.380 e. The van der Waals surface area contributed by atoms with Crippen LogP contribution >= 0.6 is 11.6 Å². The van der Waals surface area contributed by atoms with Crippen LogP contribution in [0.2, 0.25) is 5.02 Å². The van der Waals surface area contributed by atoms with Gasteiger partial charge in [-0.15, -0.1) is 0 Å². The predicted molar refractivity (Wildman–Crippen MR) is 75.1 cm³/mol. The number of carbonyl (C=O) groups excluding carboxylic acids is 1. The highest BCUT2D eigenvalue weighted by atomic mass is 35.5. The lowest BCUT2D eigenvalue weighted by Crippen LogP contribution is -2.35. The van der Waals surface area contributed by atoms with Crippen LogP contribution in [0, 0.1) is 11.3 Å². The molecule has 0 saturated carbocycles. The summed E-state index contributed by atoms with van der Waals surface area (Å²) >= 11 is 5.94. The second kappa shape index (κ2) is 5.94. The summed E-state index contributed by atoms with van der Waals surface area (Å²) in [6, 6.07) is 7.33. The van der Waals surface area contributed by atoms with E-state index in [1.807, 2.05) is 11.8 Å². The van der Waals surface area contributed by atoms with E-state index in [0.717, 1.165) is 13.0 Å². The standard InChI is InChI=1S/C14H16ClN3O/c1-10(9-18-6-2-3-14(18)19)17-13-7-12(15)5-4-11(13)8-16/h4-5,7,10,17H,2-3,6,9H2,1H3/t10-/m1/s1. The third-order valence-corrected chi connectivity index (χ3v) is 3.40. The van der Waals surface area contributed by atoms with Crippen LogP contribution in [0.4, 0.5) is 5.69 Å². The molecule has 2 rings (SSSR count). The van der Waals surface area contributed by atoms with E-state index in [4.69, 9.17) is 16.9 Å². The fourth-order valence-electron chi connectivity index (χ4n) is 2.27. The first-order chi connectivity index (χ1) is 9.10. The van der Waals surface area contributed by atoms with Gasteiger partial charge in [-0.3, -0.25) is 4.79 Å². The average Bonchev–Trinajstić information content (AvgIpc) is 2.75. The Labute approximate surface area is 118 Å².